The van der Waals surface area contributed by atoms with Crippen molar-refractivity contribution < 1.29 is 14.3 Å². The molecule has 2 amide bonds. The van der Waals surface area contributed by atoms with Gasteiger partial charge < -0.3 is 10.1 Å². The van der Waals surface area contributed by atoms with Gasteiger partial charge in [0.1, 0.15) is 11.4 Å². The molecular formula is C24H20N2O3. The molecule has 1 heterocycles. The number of aryl methyl sites for hydroxylation is 1. The molecule has 5 nitrogen and oxygen atoms in total. The lowest BCUT2D eigenvalue weighted by Gasteiger charge is -2.16. The number of nitrogens with zero attached hydrogens (tertiary/aromatic N) is 1. The summed E-state index contributed by atoms with van der Waals surface area (Å²) in [7, 11) is 1.59. The van der Waals surface area contributed by atoms with Gasteiger partial charge in [-0.25, -0.2) is 4.90 Å². The molecule has 0 bridgehead atoms. The number of benzene rings is 3. The average Bonchev–Trinajstić information content (AvgIpc) is 2.98. The predicted molar refractivity (Wildman–Crippen MR) is 114 cm³/mol. The smallest absolute Gasteiger partial charge is 0.282 e. The third kappa shape index (κ3) is 3.50. The lowest BCUT2D eigenvalue weighted by molar-refractivity contribution is -0.120. The van der Waals surface area contributed by atoms with Gasteiger partial charge in [0.2, 0.25) is 0 Å². The average molecular weight is 384 g/mol. The Labute approximate surface area is 169 Å². The molecule has 0 atom stereocenters. The van der Waals surface area contributed by atoms with E-state index >= 15 is 0 Å². The highest BCUT2D eigenvalue weighted by atomic mass is 16.5. The number of ether oxygens (including phenoxy) is 1. The van der Waals surface area contributed by atoms with E-state index in [0.717, 1.165) is 5.56 Å². The predicted octanol–water partition coefficient (Wildman–Crippen LogP) is 4.40. The Morgan fingerprint density at radius 2 is 1.55 bits per heavy atom. The van der Waals surface area contributed by atoms with Gasteiger partial charge in [-0.05, 0) is 54.4 Å². The van der Waals surface area contributed by atoms with E-state index in [-0.39, 0.29) is 17.5 Å². The first-order valence-corrected chi connectivity index (χ1v) is 9.24. The minimum Gasteiger partial charge on any atom is -0.497 e. The lowest BCUT2D eigenvalue weighted by atomic mass is 10.0. The second-order valence-corrected chi connectivity index (χ2v) is 6.75. The molecular weight excluding hydrogens is 364 g/mol. The first-order valence-electron chi connectivity index (χ1n) is 9.24. The van der Waals surface area contributed by atoms with Crippen LogP contribution in [0.15, 0.2) is 84.6 Å². The van der Waals surface area contributed by atoms with Gasteiger partial charge in [-0.15, -0.1) is 0 Å². The van der Waals surface area contributed by atoms with Gasteiger partial charge in [0.25, 0.3) is 11.8 Å². The van der Waals surface area contributed by atoms with Crippen LogP contribution in [0.25, 0.3) is 5.57 Å². The van der Waals surface area contributed by atoms with Crippen LogP contribution in [0.5, 0.6) is 5.75 Å². The summed E-state index contributed by atoms with van der Waals surface area (Å²) in [6, 6.07) is 23.8. The van der Waals surface area contributed by atoms with E-state index < -0.39 is 0 Å². The second-order valence-electron chi connectivity index (χ2n) is 6.75. The molecule has 0 aromatic heterocycles. The number of nitrogens with one attached hydrogen (secondary N) is 1. The number of hydrogen-bond donors (Lipinski definition) is 1. The summed E-state index contributed by atoms with van der Waals surface area (Å²) in [4.78, 5) is 27.8. The Morgan fingerprint density at radius 3 is 2.21 bits per heavy atom. The summed E-state index contributed by atoms with van der Waals surface area (Å²) in [6.45, 7) is 1.93. The van der Waals surface area contributed by atoms with Crippen LogP contribution in [0, 0.1) is 6.92 Å². The first-order chi connectivity index (χ1) is 14.1. The number of amides is 2. The van der Waals surface area contributed by atoms with E-state index in [1.165, 1.54) is 4.90 Å². The maximum absolute atomic E-state index is 13.3. The fraction of sp³-hybridized carbons (Fsp3) is 0.0833. The van der Waals surface area contributed by atoms with Crippen molar-refractivity contribution >= 4 is 28.8 Å². The van der Waals surface area contributed by atoms with Crippen LogP contribution in [0.2, 0.25) is 0 Å². The quantitative estimate of drug-likeness (QED) is 0.663. The van der Waals surface area contributed by atoms with Crippen molar-refractivity contribution in [3.63, 3.8) is 0 Å². The third-order valence-electron chi connectivity index (χ3n) is 4.77. The third-order valence-corrected chi connectivity index (χ3v) is 4.77. The molecule has 4 rings (SSSR count). The van der Waals surface area contributed by atoms with Crippen LogP contribution in [0.4, 0.5) is 11.4 Å². The Bertz CT molecular complexity index is 1100. The Morgan fingerprint density at radius 1 is 0.828 bits per heavy atom. The van der Waals surface area contributed by atoms with Gasteiger partial charge in [0, 0.05) is 5.69 Å². The number of rotatable bonds is 5. The minimum absolute atomic E-state index is 0.257. The van der Waals surface area contributed by atoms with Gasteiger partial charge in [-0.2, -0.15) is 0 Å². The highest BCUT2D eigenvalue weighted by Gasteiger charge is 2.40. The molecule has 1 aliphatic heterocycles. The van der Waals surface area contributed by atoms with Crippen molar-refractivity contribution in [1.29, 1.82) is 0 Å². The SMILES string of the molecule is COc1ccc(NC2=C(c3ccccc3)C(=O)N(c3cccc(C)c3)C2=O)cc1. The normalized spacial score (nSPS) is 13.8. The summed E-state index contributed by atoms with van der Waals surface area (Å²) < 4.78 is 5.18. The fourth-order valence-electron chi connectivity index (χ4n) is 3.34. The molecule has 1 N–H and O–H groups in total. The number of imide groups is 1. The molecule has 29 heavy (non-hydrogen) atoms. The molecule has 3 aromatic rings. The molecule has 0 saturated carbocycles. The zero-order valence-corrected chi connectivity index (χ0v) is 16.2. The van der Waals surface area contributed by atoms with Crippen LogP contribution in [0.1, 0.15) is 11.1 Å². The van der Waals surface area contributed by atoms with Crippen LogP contribution in [0.3, 0.4) is 0 Å². The molecule has 3 aromatic carbocycles. The minimum atomic E-state index is -0.379. The Hall–Kier alpha value is -3.86. The lowest BCUT2D eigenvalue weighted by Crippen LogP contribution is -2.32. The number of anilines is 2. The van der Waals surface area contributed by atoms with E-state index in [4.69, 9.17) is 4.74 Å². The zero-order chi connectivity index (χ0) is 20.4. The van der Waals surface area contributed by atoms with Gasteiger partial charge in [0.15, 0.2) is 0 Å². The van der Waals surface area contributed by atoms with E-state index in [1.54, 1.807) is 25.3 Å². The van der Waals surface area contributed by atoms with Crippen LogP contribution in [-0.4, -0.2) is 18.9 Å². The van der Waals surface area contributed by atoms with Crippen molar-refractivity contribution in [2.75, 3.05) is 17.3 Å². The van der Waals surface area contributed by atoms with E-state index in [1.807, 2.05) is 67.6 Å². The molecule has 0 radical (unpaired) electrons. The van der Waals surface area contributed by atoms with E-state index in [9.17, 15) is 9.59 Å². The topological polar surface area (TPSA) is 58.6 Å². The van der Waals surface area contributed by atoms with Gasteiger partial charge in [-0.1, -0.05) is 42.5 Å². The summed E-state index contributed by atoms with van der Waals surface area (Å²) in [6.07, 6.45) is 0. The number of carbonyl (C=O) groups excluding carboxylic acids is 2. The van der Waals surface area contributed by atoms with Gasteiger partial charge >= 0.3 is 0 Å². The Balaban J connectivity index is 1.79. The first kappa shape index (κ1) is 18.5. The van der Waals surface area contributed by atoms with Crippen molar-refractivity contribution in [3.05, 3.63) is 95.7 Å². The molecule has 0 aliphatic carbocycles. The molecule has 5 heteroatoms. The molecule has 0 fully saturated rings. The van der Waals surface area contributed by atoms with Crippen molar-refractivity contribution in [2.45, 2.75) is 6.92 Å². The number of methoxy groups -OCH3 is 1. The van der Waals surface area contributed by atoms with Crippen molar-refractivity contribution in [3.8, 4) is 5.75 Å². The standard InChI is InChI=1S/C24H20N2O3/c1-16-7-6-10-19(15-16)26-23(27)21(17-8-4-3-5-9-17)22(24(26)28)25-18-11-13-20(29-2)14-12-18/h3-15,25H,1-2H3. The summed E-state index contributed by atoms with van der Waals surface area (Å²) >= 11 is 0. The fourth-order valence-corrected chi connectivity index (χ4v) is 3.34. The zero-order valence-electron chi connectivity index (χ0n) is 16.2. The van der Waals surface area contributed by atoms with E-state index in [2.05, 4.69) is 5.32 Å². The number of carbonyl (C=O) groups is 2. The maximum Gasteiger partial charge on any atom is 0.282 e. The summed E-state index contributed by atoms with van der Waals surface area (Å²) in [5.74, 6) is -0.0129. The molecule has 1 aliphatic rings. The number of hydrogen-bond acceptors (Lipinski definition) is 4. The monoisotopic (exact) mass is 384 g/mol. The highest BCUT2D eigenvalue weighted by molar-refractivity contribution is 6.46. The van der Waals surface area contributed by atoms with Crippen LogP contribution < -0.4 is 15.0 Å². The van der Waals surface area contributed by atoms with E-state index in [0.29, 0.717) is 28.3 Å². The summed E-state index contributed by atoms with van der Waals surface area (Å²) in [5, 5.41) is 3.15. The van der Waals surface area contributed by atoms with Gasteiger partial charge in [0.05, 0.1) is 18.4 Å². The molecule has 0 spiro atoms. The van der Waals surface area contributed by atoms with Crippen molar-refractivity contribution in [2.24, 2.45) is 0 Å². The van der Waals surface area contributed by atoms with Crippen LogP contribution in [-0.2, 0) is 9.59 Å². The summed E-state index contributed by atoms with van der Waals surface area (Å²) in [5.41, 5.74) is 3.53. The highest BCUT2D eigenvalue weighted by Crippen LogP contribution is 2.34. The molecule has 0 unspecified atom stereocenters. The molecule has 0 saturated heterocycles. The molecule has 144 valence electrons. The largest absolute Gasteiger partial charge is 0.497 e. The second kappa shape index (κ2) is 7.64. The Kier molecular flexibility index (Phi) is 4.87. The van der Waals surface area contributed by atoms with Crippen molar-refractivity contribution in [1.82, 2.24) is 0 Å². The van der Waals surface area contributed by atoms with Gasteiger partial charge in [-0.3, -0.25) is 9.59 Å². The van der Waals surface area contributed by atoms with Crippen LogP contribution >= 0.6 is 0 Å². The maximum atomic E-state index is 13.3.